The summed E-state index contributed by atoms with van der Waals surface area (Å²) in [5, 5.41) is 22.8. The number of anilines is 1. The number of aromatic nitrogens is 5. The fourth-order valence-electron chi connectivity index (χ4n) is 4.47. The summed E-state index contributed by atoms with van der Waals surface area (Å²) in [5.74, 6) is -0.421. The van der Waals surface area contributed by atoms with Gasteiger partial charge >= 0.3 is 5.95 Å². The van der Waals surface area contributed by atoms with Crippen LogP contribution < -0.4 is 4.90 Å². The predicted octanol–water partition coefficient (Wildman–Crippen LogP) is 2.24. The molecule has 11 nitrogen and oxygen atoms in total. The first kappa shape index (κ1) is 20.4. The van der Waals surface area contributed by atoms with Gasteiger partial charge in [0.2, 0.25) is 5.91 Å². The number of nitrogens with zero attached hydrogens (tertiary/aromatic N) is 7. The maximum atomic E-state index is 12.6. The molecule has 3 aromatic rings. The first-order chi connectivity index (χ1) is 15.5. The fraction of sp³-hybridized carbons (Fsp3) is 0.524. The third kappa shape index (κ3) is 3.67. The molecule has 2 aliphatic rings. The van der Waals surface area contributed by atoms with Gasteiger partial charge in [-0.1, -0.05) is 12.0 Å². The van der Waals surface area contributed by atoms with Crippen LogP contribution in [0, 0.1) is 10.1 Å². The third-order valence-electron chi connectivity index (χ3n) is 6.52. The van der Waals surface area contributed by atoms with Crippen LogP contribution >= 0.6 is 0 Å². The van der Waals surface area contributed by atoms with Crippen LogP contribution in [0.3, 0.4) is 0 Å². The summed E-state index contributed by atoms with van der Waals surface area (Å²) in [6.07, 6.45) is 4.53. The van der Waals surface area contributed by atoms with Gasteiger partial charge in [0.1, 0.15) is 6.42 Å². The first-order valence-electron chi connectivity index (χ1n) is 11.1. The quantitative estimate of drug-likeness (QED) is 0.462. The van der Waals surface area contributed by atoms with Crippen molar-refractivity contribution >= 4 is 28.4 Å². The van der Waals surface area contributed by atoms with Crippen molar-refractivity contribution in [3.63, 3.8) is 0 Å². The summed E-state index contributed by atoms with van der Waals surface area (Å²) in [7, 11) is 0. The second kappa shape index (κ2) is 8.21. The number of H-pyrrole nitrogens is 1. The summed E-state index contributed by atoms with van der Waals surface area (Å²) < 4.78 is 2.22. The van der Waals surface area contributed by atoms with Crippen LogP contribution in [-0.2, 0) is 17.6 Å². The number of fused-ring (bicyclic) bond motifs is 1. The SMILES string of the molecule is CCc1nn(C2CCC2)c2cc(N3CCN(C(=O)Cc4n[nH]c([N+](=O)[O-])n4)CC3)ccc12. The normalized spacial score (nSPS) is 17.0. The molecule has 1 aliphatic heterocycles. The van der Waals surface area contributed by atoms with Crippen LogP contribution in [0.2, 0.25) is 0 Å². The predicted molar refractivity (Wildman–Crippen MR) is 118 cm³/mol. The van der Waals surface area contributed by atoms with Gasteiger partial charge in [-0.2, -0.15) is 5.10 Å². The monoisotopic (exact) mass is 438 g/mol. The molecule has 1 saturated carbocycles. The summed E-state index contributed by atoms with van der Waals surface area (Å²) in [4.78, 5) is 30.5. The van der Waals surface area contributed by atoms with E-state index in [0.717, 1.165) is 30.9 Å². The van der Waals surface area contributed by atoms with Crippen molar-refractivity contribution in [3.05, 3.63) is 39.8 Å². The Hall–Kier alpha value is -3.50. The van der Waals surface area contributed by atoms with Crippen LogP contribution in [0.5, 0.6) is 0 Å². The molecular weight excluding hydrogens is 412 g/mol. The molecule has 32 heavy (non-hydrogen) atoms. The minimum Gasteiger partial charge on any atom is -0.390 e. The van der Waals surface area contributed by atoms with Gasteiger partial charge in [-0.05, 0) is 53.8 Å². The number of hydrogen-bond donors (Lipinski definition) is 1. The highest BCUT2D eigenvalue weighted by Crippen LogP contribution is 2.36. The van der Waals surface area contributed by atoms with Crippen molar-refractivity contribution < 1.29 is 9.72 Å². The van der Waals surface area contributed by atoms with Gasteiger partial charge in [-0.3, -0.25) is 9.48 Å². The zero-order valence-corrected chi connectivity index (χ0v) is 18.0. The number of rotatable bonds is 6. The van der Waals surface area contributed by atoms with E-state index in [1.54, 1.807) is 4.90 Å². The molecule has 5 rings (SSSR count). The van der Waals surface area contributed by atoms with Crippen molar-refractivity contribution in [3.8, 4) is 0 Å². The van der Waals surface area contributed by atoms with E-state index >= 15 is 0 Å². The number of nitro groups is 1. The maximum absolute atomic E-state index is 12.6. The van der Waals surface area contributed by atoms with Crippen molar-refractivity contribution in [2.24, 2.45) is 0 Å². The van der Waals surface area contributed by atoms with Crippen LogP contribution in [0.15, 0.2) is 18.2 Å². The second-order valence-corrected chi connectivity index (χ2v) is 8.41. The highest BCUT2D eigenvalue weighted by molar-refractivity contribution is 5.86. The molecule has 1 aliphatic carbocycles. The number of amides is 1. The Labute approximate surface area is 184 Å². The lowest BCUT2D eigenvalue weighted by Gasteiger charge is -2.36. The summed E-state index contributed by atoms with van der Waals surface area (Å²) >= 11 is 0. The number of carbonyl (C=O) groups is 1. The molecule has 11 heteroatoms. The van der Waals surface area contributed by atoms with E-state index in [9.17, 15) is 14.9 Å². The first-order valence-corrected chi connectivity index (χ1v) is 11.1. The Morgan fingerprint density at radius 1 is 1.25 bits per heavy atom. The zero-order valence-electron chi connectivity index (χ0n) is 18.0. The van der Waals surface area contributed by atoms with Gasteiger partial charge in [0.15, 0.2) is 0 Å². The molecule has 168 valence electrons. The minimum absolute atomic E-state index is 0.0450. The highest BCUT2D eigenvalue weighted by Gasteiger charge is 2.26. The van der Waals surface area contributed by atoms with Crippen molar-refractivity contribution in [2.45, 2.75) is 45.1 Å². The molecule has 0 radical (unpaired) electrons. The Kier molecular flexibility index (Phi) is 5.24. The number of piperazine rings is 1. The Morgan fingerprint density at radius 3 is 2.66 bits per heavy atom. The summed E-state index contributed by atoms with van der Waals surface area (Å²) in [6.45, 7) is 4.78. The average molecular weight is 438 g/mol. The molecule has 2 fully saturated rings. The molecule has 0 bridgehead atoms. The van der Waals surface area contributed by atoms with Crippen LogP contribution in [0.1, 0.15) is 43.7 Å². The van der Waals surface area contributed by atoms with Gasteiger partial charge in [0.25, 0.3) is 5.82 Å². The lowest BCUT2D eigenvalue weighted by atomic mass is 9.93. The van der Waals surface area contributed by atoms with E-state index in [-0.39, 0.29) is 18.2 Å². The number of nitrogens with one attached hydrogen (secondary N) is 1. The van der Waals surface area contributed by atoms with Gasteiger partial charge in [-0.25, -0.2) is 0 Å². The summed E-state index contributed by atoms with van der Waals surface area (Å²) in [5.41, 5.74) is 3.51. The van der Waals surface area contributed by atoms with Gasteiger partial charge < -0.3 is 19.9 Å². The van der Waals surface area contributed by atoms with Gasteiger partial charge in [0, 0.05) is 37.3 Å². The fourth-order valence-corrected chi connectivity index (χ4v) is 4.47. The zero-order chi connectivity index (χ0) is 22.2. The maximum Gasteiger partial charge on any atom is 0.453 e. The van der Waals surface area contributed by atoms with E-state index in [4.69, 9.17) is 5.10 Å². The number of aryl methyl sites for hydroxylation is 1. The van der Waals surface area contributed by atoms with Crippen LogP contribution in [0.25, 0.3) is 10.9 Å². The Bertz CT molecular complexity index is 1160. The molecule has 0 unspecified atom stereocenters. The lowest BCUT2D eigenvalue weighted by Crippen LogP contribution is -2.49. The second-order valence-electron chi connectivity index (χ2n) is 8.41. The van der Waals surface area contributed by atoms with E-state index in [1.807, 2.05) is 0 Å². The number of aromatic amines is 1. The highest BCUT2D eigenvalue weighted by atomic mass is 16.6. The molecule has 1 aromatic carbocycles. The Balaban J connectivity index is 1.26. The van der Waals surface area contributed by atoms with Crippen molar-refractivity contribution in [1.29, 1.82) is 0 Å². The van der Waals surface area contributed by atoms with Crippen LogP contribution in [0.4, 0.5) is 11.6 Å². The van der Waals surface area contributed by atoms with Gasteiger partial charge in [-0.15, -0.1) is 5.10 Å². The molecule has 3 heterocycles. The third-order valence-corrected chi connectivity index (χ3v) is 6.52. The lowest BCUT2D eigenvalue weighted by molar-refractivity contribution is -0.394. The van der Waals surface area contributed by atoms with E-state index in [2.05, 4.69) is 49.9 Å². The molecular formula is C21H26N8O3. The number of hydrogen-bond acceptors (Lipinski definition) is 7. The molecule has 0 atom stereocenters. The standard InChI is InChI=1S/C21H26N8O3/c1-2-17-16-7-6-15(12-18(16)28(25-17)14-4-3-5-14)26-8-10-27(11-9-26)20(30)13-19-22-21(24-23-19)29(31)32/h6-7,12,14H,2-5,8-11,13H2,1H3,(H,22,23,24). The van der Waals surface area contributed by atoms with E-state index in [0.29, 0.717) is 19.1 Å². The van der Waals surface area contributed by atoms with Crippen LogP contribution in [-0.4, -0.2) is 66.9 Å². The largest absolute Gasteiger partial charge is 0.453 e. The van der Waals surface area contributed by atoms with E-state index < -0.39 is 10.9 Å². The number of benzene rings is 1. The molecule has 1 N–H and O–H groups in total. The molecule has 0 spiro atoms. The summed E-state index contributed by atoms with van der Waals surface area (Å²) in [6, 6.07) is 7.08. The van der Waals surface area contributed by atoms with E-state index in [1.165, 1.54) is 30.2 Å². The molecule has 2 aromatic heterocycles. The van der Waals surface area contributed by atoms with Gasteiger partial charge in [0.05, 0.1) is 17.3 Å². The molecule has 1 amide bonds. The topological polar surface area (TPSA) is 126 Å². The van der Waals surface area contributed by atoms with Crippen molar-refractivity contribution in [2.75, 3.05) is 31.1 Å². The minimum atomic E-state index is -0.656. The smallest absolute Gasteiger partial charge is 0.390 e. The number of carbonyl (C=O) groups excluding carboxylic acids is 1. The van der Waals surface area contributed by atoms with Crippen molar-refractivity contribution in [1.82, 2.24) is 29.9 Å². The Morgan fingerprint density at radius 2 is 2.03 bits per heavy atom. The average Bonchev–Trinajstić information content (AvgIpc) is 3.37. The molecule has 1 saturated heterocycles.